The number of hydrogen-bond acceptors (Lipinski definition) is 5. The van der Waals surface area contributed by atoms with Gasteiger partial charge in [-0.2, -0.15) is 0 Å². The third-order valence-electron chi connectivity index (χ3n) is 6.21. The first-order valence-electron chi connectivity index (χ1n) is 19.7. The van der Waals surface area contributed by atoms with E-state index in [1.165, 1.54) is 0 Å². The van der Waals surface area contributed by atoms with Gasteiger partial charge in [0.15, 0.2) is 0 Å². The van der Waals surface area contributed by atoms with Crippen LogP contribution in [-0.2, 0) is 14.4 Å². The molecular formula is C45H97N5O4. The number of carbonyl (C=O) groups is 4. The normalized spacial score (nSPS) is 13.1. The van der Waals surface area contributed by atoms with Gasteiger partial charge in [0.1, 0.15) is 5.78 Å². The zero-order chi connectivity index (χ0) is 45.7. The molecular weight excluding hydrogens is 675 g/mol. The zero-order valence-electron chi connectivity index (χ0n) is 42.1. The van der Waals surface area contributed by atoms with Gasteiger partial charge in [-0.25, -0.2) is 4.79 Å². The van der Waals surface area contributed by atoms with Crippen molar-refractivity contribution >= 4 is 23.6 Å². The number of urea groups is 1. The molecule has 0 rings (SSSR count). The second-order valence-corrected chi connectivity index (χ2v) is 24.8. The number of hydrogen-bond donors (Lipinski definition) is 4. The molecule has 0 aromatic rings. The Morgan fingerprint density at radius 2 is 0.611 bits per heavy atom. The smallest absolute Gasteiger partial charge is 0.315 e. The van der Waals surface area contributed by atoms with Crippen molar-refractivity contribution in [2.75, 3.05) is 7.05 Å². The first-order valence-corrected chi connectivity index (χ1v) is 19.7. The fourth-order valence-corrected chi connectivity index (χ4v) is 4.30. The van der Waals surface area contributed by atoms with E-state index in [9.17, 15) is 19.2 Å². The molecule has 9 nitrogen and oxygen atoms in total. The fourth-order valence-electron chi connectivity index (χ4n) is 4.30. The molecule has 0 heterocycles. The standard InChI is InChI=1S/C10H21NO.C9H20N2O.C9H19NO.C9H18O.C8H19N/c1-9(2,3)8(12)11(7)10(4,5)6;1-8(2,3)10-7(12)11-9(4,5)6;1-8(2,3)7(11)10-9(4,5)6;1-8(2,3)7(10)9(4,5)6;1-7(2,3)9-8(4,5)6/h1-7H3;1-6H3,(H2,10,11,12);1-6H3,(H,10,11);1-6H3;9H,1-6H3. The monoisotopic (exact) mass is 772 g/mol. The van der Waals surface area contributed by atoms with Crippen molar-refractivity contribution < 1.29 is 19.2 Å². The predicted molar refractivity (Wildman–Crippen MR) is 237 cm³/mol. The van der Waals surface area contributed by atoms with Crippen LogP contribution in [0.3, 0.4) is 0 Å². The quantitative estimate of drug-likeness (QED) is 0.195. The first-order chi connectivity index (χ1) is 22.7. The summed E-state index contributed by atoms with van der Waals surface area (Å²) < 4.78 is 0. The van der Waals surface area contributed by atoms with Gasteiger partial charge in [-0.15, -0.1) is 0 Å². The largest absolute Gasteiger partial charge is 0.351 e. The number of nitrogens with zero attached hydrogens (tertiary/aromatic N) is 1. The number of nitrogens with one attached hydrogen (secondary N) is 4. The molecule has 0 aromatic carbocycles. The highest BCUT2D eigenvalue weighted by Crippen LogP contribution is 2.28. The van der Waals surface area contributed by atoms with Crippen molar-refractivity contribution in [1.29, 1.82) is 0 Å². The summed E-state index contributed by atoms with van der Waals surface area (Å²) in [4.78, 5) is 47.6. The van der Waals surface area contributed by atoms with E-state index in [4.69, 9.17) is 0 Å². The summed E-state index contributed by atoms with van der Waals surface area (Å²) in [5.41, 5.74) is -1.03. The summed E-state index contributed by atoms with van der Waals surface area (Å²) in [6, 6.07) is -0.116. The Morgan fingerprint density at radius 1 is 0.352 bits per heavy atom. The highest BCUT2D eigenvalue weighted by atomic mass is 16.2. The van der Waals surface area contributed by atoms with Gasteiger partial charge in [-0.1, -0.05) is 83.1 Å². The summed E-state index contributed by atoms with van der Waals surface area (Å²) in [6.45, 7) is 60.2. The van der Waals surface area contributed by atoms with Crippen molar-refractivity contribution in [1.82, 2.24) is 26.2 Å². The van der Waals surface area contributed by atoms with Crippen molar-refractivity contribution in [2.45, 2.75) is 241 Å². The van der Waals surface area contributed by atoms with Crippen LogP contribution in [0, 0.1) is 21.7 Å². The van der Waals surface area contributed by atoms with Crippen molar-refractivity contribution in [3.05, 3.63) is 0 Å². The number of ketones is 1. The molecule has 0 fully saturated rings. The van der Waals surface area contributed by atoms with Crippen LogP contribution in [0.2, 0.25) is 0 Å². The highest BCUT2D eigenvalue weighted by molar-refractivity contribution is 5.88. The molecule has 0 aliphatic heterocycles. The van der Waals surface area contributed by atoms with E-state index < -0.39 is 0 Å². The first kappa shape index (κ1) is 61.1. The molecule has 0 atom stereocenters. The molecule has 0 radical (unpaired) electrons. The van der Waals surface area contributed by atoms with Gasteiger partial charge in [0.05, 0.1) is 0 Å². The Balaban J connectivity index is -0.000000186. The van der Waals surface area contributed by atoms with Crippen molar-refractivity contribution in [3.63, 3.8) is 0 Å². The Kier molecular flexibility index (Phi) is 24.2. The summed E-state index contributed by atoms with van der Waals surface area (Å²) in [5.74, 6) is 0.611. The average molecular weight is 772 g/mol. The minimum absolute atomic E-state index is 0.0790. The fraction of sp³-hybridized carbons (Fsp3) is 0.911. The molecule has 4 amide bonds. The Morgan fingerprint density at radius 3 is 0.685 bits per heavy atom. The van der Waals surface area contributed by atoms with Crippen LogP contribution in [-0.4, -0.2) is 68.8 Å². The lowest BCUT2D eigenvalue weighted by Gasteiger charge is -2.36. The summed E-state index contributed by atoms with van der Waals surface area (Å²) in [5, 5.41) is 12.0. The summed E-state index contributed by atoms with van der Waals surface area (Å²) in [6.07, 6.45) is 0. The van der Waals surface area contributed by atoms with Crippen LogP contribution in [0.5, 0.6) is 0 Å². The third kappa shape index (κ3) is 42.6. The molecule has 0 spiro atoms. The van der Waals surface area contributed by atoms with E-state index in [1.807, 2.05) is 173 Å². The number of amides is 4. The molecule has 9 heteroatoms. The van der Waals surface area contributed by atoms with Crippen LogP contribution >= 0.6 is 0 Å². The molecule has 0 saturated heterocycles. The predicted octanol–water partition coefficient (Wildman–Crippen LogP) is 10.9. The molecule has 326 valence electrons. The second kappa shape index (κ2) is 21.4. The minimum atomic E-state index is -0.284. The highest BCUT2D eigenvalue weighted by Gasteiger charge is 2.32. The number of carbonyl (C=O) groups excluding carboxylic acids is 4. The second-order valence-electron chi connectivity index (χ2n) is 24.8. The van der Waals surface area contributed by atoms with Crippen LogP contribution in [0.1, 0.15) is 208 Å². The van der Waals surface area contributed by atoms with E-state index in [1.54, 1.807) is 4.90 Å². The van der Waals surface area contributed by atoms with E-state index in [-0.39, 0.29) is 72.7 Å². The molecule has 4 N–H and O–H groups in total. The maximum absolute atomic E-state index is 11.7. The molecule has 0 aliphatic rings. The van der Waals surface area contributed by atoms with Crippen molar-refractivity contribution in [2.24, 2.45) is 21.7 Å². The molecule has 0 saturated carbocycles. The van der Waals surface area contributed by atoms with Gasteiger partial charge in [-0.3, -0.25) is 14.4 Å². The van der Waals surface area contributed by atoms with Crippen LogP contribution in [0.25, 0.3) is 0 Å². The van der Waals surface area contributed by atoms with E-state index >= 15 is 0 Å². The Hall–Kier alpha value is -2.16. The van der Waals surface area contributed by atoms with E-state index in [0.29, 0.717) is 5.78 Å². The third-order valence-corrected chi connectivity index (χ3v) is 6.21. The van der Waals surface area contributed by atoms with Crippen LogP contribution in [0.4, 0.5) is 4.79 Å². The maximum Gasteiger partial charge on any atom is 0.315 e. The molecule has 0 unspecified atom stereocenters. The summed E-state index contributed by atoms with van der Waals surface area (Å²) in [7, 11) is 1.85. The van der Waals surface area contributed by atoms with Gasteiger partial charge in [-0.05, 0) is 125 Å². The maximum atomic E-state index is 11.7. The van der Waals surface area contributed by atoms with Gasteiger partial charge in [0.25, 0.3) is 0 Å². The lowest BCUT2D eigenvalue weighted by atomic mass is 9.76. The minimum Gasteiger partial charge on any atom is -0.351 e. The zero-order valence-corrected chi connectivity index (χ0v) is 42.1. The van der Waals surface area contributed by atoms with Crippen molar-refractivity contribution in [3.8, 4) is 0 Å². The molecule has 54 heavy (non-hydrogen) atoms. The van der Waals surface area contributed by atoms with E-state index in [0.717, 1.165) is 0 Å². The Bertz CT molecular complexity index is 1070. The van der Waals surface area contributed by atoms with Gasteiger partial charge in [0.2, 0.25) is 11.8 Å². The summed E-state index contributed by atoms with van der Waals surface area (Å²) >= 11 is 0. The molecule has 0 aromatic heterocycles. The van der Waals surface area contributed by atoms with E-state index in [2.05, 4.69) is 62.8 Å². The molecule has 0 aliphatic carbocycles. The number of Topliss-reactive ketones (excluding diaryl/α,β-unsaturated/α-hetero) is 1. The molecule has 0 bridgehead atoms. The number of rotatable bonds is 0. The average Bonchev–Trinajstić information content (AvgIpc) is 2.75. The lowest BCUT2D eigenvalue weighted by molar-refractivity contribution is -0.142. The van der Waals surface area contributed by atoms with Gasteiger partial charge in [0, 0.05) is 61.9 Å². The van der Waals surface area contributed by atoms with Crippen LogP contribution in [0.15, 0.2) is 0 Å². The Labute approximate surface area is 337 Å². The van der Waals surface area contributed by atoms with Crippen LogP contribution < -0.4 is 21.3 Å². The van der Waals surface area contributed by atoms with Gasteiger partial charge < -0.3 is 26.2 Å². The SMILES string of the molecule is CC(C)(C)C(=O)C(C)(C)C.CC(C)(C)NC(=O)C(C)(C)C.CC(C)(C)NC(=O)NC(C)(C)C.CC(C)(C)NC(C)(C)C.CN(C(=O)C(C)(C)C)C(C)(C)C. The lowest BCUT2D eigenvalue weighted by Crippen LogP contribution is -2.52. The van der Waals surface area contributed by atoms with Gasteiger partial charge >= 0.3 is 6.03 Å². The topological polar surface area (TPSA) is 120 Å².